The monoisotopic (exact) mass is 349 g/mol. The number of nitrogens with two attached hydrogens (primary N) is 1. The molecule has 3 atom stereocenters. The lowest BCUT2D eigenvalue weighted by Gasteiger charge is -2.12. The summed E-state index contributed by atoms with van der Waals surface area (Å²) in [6, 6.07) is 12.4. The van der Waals surface area contributed by atoms with E-state index in [2.05, 4.69) is 0 Å². The van der Waals surface area contributed by atoms with Crippen molar-refractivity contribution in [2.24, 2.45) is 11.1 Å². The van der Waals surface area contributed by atoms with Crippen LogP contribution in [0.5, 0.6) is 0 Å². The Kier molecular flexibility index (Phi) is 4.23. The van der Waals surface area contributed by atoms with E-state index in [1.54, 1.807) is 30.3 Å². The second kappa shape index (κ2) is 5.95. The molecular formula is C18H20FNO3S. The summed E-state index contributed by atoms with van der Waals surface area (Å²) in [7, 11) is -3.69. The van der Waals surface area contributed by atoms with Gasteiger partial charge in [-0.15, -0.1) is 0 Å². The predicted octanol–water partition coefficient (Wildman–Crippen LogP) is 2.01. The zero-order chi connectivity index (χ0) is 17.5. The maximum atomic E-state index is 13.6. The van der Waals surface area contributed by atoms with Crippen molar-refractivity contribution < 1.29 is 17.9 Å². The highest BCUT2D eigenvalue weighted by molar-refractivity contribution is 7.92. The first kappa shape index (κ1) is 17.1. The first-order chi connectivity index (χ1) is 11.4. The van der Waals surface area contributed by atoms with Crippen molar-refractivity contribution in [2.75, 3.05) is 13.2 Å². The topological polar surface area (TPSA) is 80.4 Å². The Hall–Kier alpha value is -1.76. The van der Waals surface area contributed by atoms with Crippen LogP contribution in [0.15, 0.2) is 53.4 Å². The molecule has 128 valence electrons. The average Bonchev–Trinajstić information content (AvgIpc) is 3.26. The molecule has 24 heavy (non-hydrogen) atoms. The van der Waals surface area contributed by atoms with Crippen LogP contribution in [0.3, 0.4) is 0 Å². The van der Waals surface area contributed by atoms with Gasteiger partial charge in [0.25, 0.3) is 0 Å². The van der Waals surface area contributed by atoms with Gasteiger partial charge in [-0.2, -0.15) is 0 Å². The minimum absolute atomic E-state index is 0.0143. The highest BCUT2D eigenvalue weighted by Crippen LogP contribution is 2.63. The number of aryl methyl sites for hydroxylation is 1. The van der Waals surface area contributed by atoms with Crippen LogP contribution in [0.2, 0.25) is 0 Å². The predicted molar refractivity (Wildman–Crippen MR) is 89.9 cm³/mol. The lowest BCUT2D eigenvalue weighted by atomic mass is 10.00. The quantitative estimate of drug-likeness (QED) is 0.865. The maximum Gasteiger partial charge on any atom is 0.182 e. The van der Waals surface area contributed by atoms with Gasteiger partial charge in [0.05, 0.1) is 16.8 Å². The van der Waals surface area contributed by atoms with Crippen LogP contribution in [0.4, 0.5) is 4.39 Å². The SMILES string of the molecule is Cc1ccc(S(=O)(=O)C2C(c3cccc(F)c3)C2(CN)CO)cc1. The fraction of sp³-hybridized carbons (Fsp3) is 0.333. The van der Waals surface area contributed by atoms with Crippen LogP contribution in [0, 0.1) is 18.2 Å². The van der Waals surface area contributed by atoms with Crippen LogP contribution in [-0.4, -0.2) is 31.9 Å². The number of benzene rings is 2. The van der Waals surface area contributed by atoms with Gasteiger partial charge in [-0.1, -0.05) is 29.8 Å². The molecule has 1 saturated carbocycles. The zero-order valence-corrected chi connectivity index (χ0v) is 14.1. The Morgan fingerprint density at radius 2 is 1.88 bits per heavy atom. The van der Waals surface area contributed by atoms with E-state index in [1.165, 1.54) is 18.2 Å². The van der Waals surface area contributed by atoms with Crippen molar-refractivity contribution in [2.45, 2.75) is 23.0 Å². The highest BCUT2D eigenvalue weighted by Gasteiger charge is 2.70. The molecule has 3 rings (SSSR count). The summed E-state index contributed by atoms with van der Waals surface area (Å²) in [5, 5.41) is 8.99. The number of aliphatic hydroxyl groups excluding tert-OH is 1. The molecule has 1 fully saturated rings. The van der Waals surface area contributed by atoms with Crippen LogP contribution < -0.4 is 5.73 Å². The van der Waals surface area contributed by atoms with Gasteiger partial charge in [0.1, 0.15) is 5.82 Å². The number of sulfone groups is 1. The fourth-order valence-corrected chi connectivity index (χ4v) is 5.97. The van der Waals surface area contributed by atoms with Crippen molar-refractivity contribution >= 4 is 9.84 Å². The minimum atomic E-state index is -3.69. The fourth-order valence-electron chi connectivity index (χ4n) is 3.52. The van der Waals surface area contributed by atoms with Gasteiger partial charge in [-0.05, 0) is 36.8 Å². The third-order valence-electron chi connectivity index (χ3n) is 4.95. The van der Waals surface area contributed by atoms with Crippen LogP contribution in [-0.2, 0) is 9.84 Å². The molecule has 3 N–H and O–H groups in total. The van der Waals surface area contributed by atoms with Crippen molar-refractivity contribution in [1.82, 2.24) is 0 Å². The molecule has 0 bridgehead atoms. The van der Waals surface area contributed by atoms with Crippen molar-refractivity contribution in [3.63, 3.8) is 0 Å². The van der Waals surface area contributed by atoms with Gasteiger partial charge in [0.2, 0.25) is 0 Å². The summed E-state index contributed by atoms with van der Waals surface area (Å²) < 4.78 is 39.7. The molecule has 3 unspecified atom stereocenters. The van der Waals surface area contributed by atoms with E-state index >= 15 is 0 Å². The van der Waals surface area contributed by atoms with E-state index < -0.39 is 32.2 Å². The molecule has 4 nitrogen and oxygen atoms in total. The Balaban J connectivity index is 2.06. The Morgan fingerprint density at radius 3 is 2.42 bits per heavy atom. The van der Waals surface area contributed by atoms with Gasteiger partial charge in [0.15, 0.2) is 9.84 Å². The summed E-state index contributed by atoms with van der Waals surface area (Å²) in [5.41, 5.74) is 6.35. The summed E-state index contributed by atoms with van der Waals surface area (Å²) in [5.74, 6) is -0.954. The Bertz CT molecular complexity index is 845. The number of hydrogen-bond donors (Lipinski definition) is 2. The number of halogens is 1. The standard InChI is InChI=1S/C18H20FNO3S/c1-12-5-7-15(8-6-12)24(22,23)17-16(18(17,10-20)11-21)13-3-2-4-14(19)9-13/h2-9,16-17,21H,10-11,20H2,1H3. The average molecular weight is 349 g/mol. The molecule has 2 aromatic rings. The van der Waals surface area contributed by atoms with Crippen LogP contribution in [0.25, 0.3) is 0 Å². The number of hydrogen-bond acceptors (Lipinski definition) is 4. The molecule has 0 saturated heterocycles. The van der Waals surface area contributed by atoms with E-state index in [0.29, 0.717) is 5.56 Å². The lowest BCUT2D eigenvalue weighted by molar-refractivity contribution is 0.212. The summed E-state index contributed by atoms with van der Waals surface area (Å²) in [6.45, 7) is 1.53. The minimum Gasteiger partial charge on any atom is -0.396 e. The molecule has 0 aromatic heterocycles. The number of aliphatic hydroxyl groups is 1. The maximum absolute atomic E-state index is 13.6. The molecule has 0 amide bonds. The molecule has 6 heteroatoms. The first-order valence-electron chi connectivity index (χ1n) is 7.74. The molecule has 1 aliphatic rings. The van der Waals surface area contributed by atoms with Gasteiger partial charge in [0, 0.05) is 17.9 Å². The summed E-state index contributed by atoms with van der Waals surface area (Å²) in [4.78, 5) is 0.197. The van der Waals surface area contributed by atoms with E-state index in [0.717, 1.165) is 5.56 Å². The molecule has 0 heterocycles. The van der Waals surface area contributed by atoms with Gasteiger partial charge >= 0.3 is 0 Å². The molecule has 0 radical (unpaired) electrons. The Morgan fingerprint density at radius 1 is 1.21 bits per heavy atom. The van der Waals surface area contributed by atoms with Crippen LogP contribution >= 0.6 is 0 Å². The lowest BCUT2D eigenvalue weighted by Crippen LogP contribution is -2.27. The normalized spacial score (nSPS) is 26.3. The third kappa shape index (κ3) is 2.55. The van der Waals surface area contributed by atoms with E-state index in [4.69, 9.17) is 5.73 Å². The largest absolute Gasteiger partial charge is 0.396 e. The van der Waals surface area contributed by atoms with Gasteiger partial charge < -0.3 is 10.8 Å². The number of rotatable bonds is 5. The second-order valence-corrected chi connectivity index (χ2v) is 8.48. The van der Waals surface area contributed by atoms with Crippen molar-refractivity contribution in [3.05, 3.63) is 65.5 Å². The van der Waals surface area contributed by atoms with Gasteiger partial charge in [-0.25, -0.2) is 12.8 Å². The summed E-state index contributed by atoms with van der Waals surface area (Å²) in [6.07, 6.45) is 0. The molecule has 0 aliphatic heterocycles. The first-order valence-corrected chi connectivity index (χ1v) is 9.28. The van der Waals surface area contributed by atoms with Crippen molar-refractivity contribution in [1.29, 1.82) is 0 Å². The smallest absolute Gasteiger partial charge is 0.182 e. The molecular weight excluding hydrogens is 329 g/mol. The Labute approximate surface area is 141 Å². The summed E-state index contributed by atoms with van der Waals surface area (Å²) >= 11 is 0. The van der Waals surface area contributed by atoms with Crippen LogP contribution in [0.1, 0.15) is 17.0 Å². The molecule has 0 spiro atoms. The highest BCUT2D eigenvalue weighted by atomic mass is 32.2. The zero-order valence-electron chi connectivity index (χ0n) is 13.3. The van der Waals surface area contributed by atoms with E-state index in [-0.39, 0.29) is 18.0 Å². The van der Waals surface area contributed by atoms with Gasteiger partial charge in [-0.3, -0.25) is 0 Å². The molecule has 2 aromatic carbocycles. The second-order valence-electron chi connectivity index (χ2n) is 6.41. The van der Waals surface area contributed by atoms with Crippen molar-refractivity contribution in [3.8, 4) is 0 Å². The van der Waals surface area contributed by atoms with E-state index in [1.807, 2.05) is 6.92 Å². The molecule has 1 aliphatic carbocycles. The van der Waals surface area contributed by atoms with E-state index in [9.17, 15) is 17.9 Å². The third-order valence-corrected chi connectivity index (χ3v) is 7.29.